The maximum atomic E-state index is 11.9. The molecular weight excluding hydrogens is 252 g/mol. The Hall–Kier alpha value is -1.40. The number of rotatable bonds is 5. The van der Waals surface area contributed by atoms with Gasteiger partial charge in [0, 0.05) is 26.4 Å². The van der Waals surface area contributed by atoms with Gasteiger partial charge in [-0.3, -0.25) is 4.79 Å². The average molecular weight is 270 g/mol. The van der Waals surface area contributed by atoms with Crippen LogP contribution in [0.2, 0.25) is 0 Å². The molecule has 1 saturated heterocycles. The van der Waals surface area contributed by atoms with Crippen LogP contribution < -0.4 is 0 Å². The largest absolute Gasteiger partial charge is 0.462 e. The highest BCUT2D eigenvalue weighted by Crippen LogP contribution is 2.42. The molecule has 0 radical (unpaired) electrons. The van der Waals surface area contributed by atoms with E-state index in [1.165, 1.54) is 6.92 Å². The second-order valence-corrected chi connectivity index (χ2v) is 4.81. The SMILES string of the molecule is COCOCC1=CC[C@@H]2COC(=O)[C@]2(OC(C)=O)C1. The first kappa shape index (κ1) is 14.0. The van der Waals surface area contributed by atoms with Gasteiger partial charge in [0.25, 0.3) is 0 Å². The molecule has 6 heteroatoms. The van der Waals surface area contributed by atoms with Crippen molar-refractivity contribution in [3.05, 3.63) is 11.6 Å². The minimum absolute atomic E-state index is 0.102. The van der Waals surface area contributed by atoms with Crippen LogP contribution in [0.1, 0.15) is 19.8 Å². The van der Waals surface area contributed by atoms with E-state index in [1.54, 1.807) is 7.11 Å². The lowest BCUT2D eigenvalue weighted by molar-refractivity contribution is -0.174. The molecule has 0 unspecified atom stereocenters. The normalized spacial score (nSPS) is 29.5. The summed E-state index contributed by atoms with van der Waals surface area (Å²) >= 11 is 0. The smallest absolute Gasteiger partial charge is 0.351 e. The summed E-state index contributed by atoms with van der Waals surface area (Å²) in [5.41, 5.74) is -0.236. The van der Waals surface area contributed by atoms with Gasteiger partial charge in [0.05, 0.1) is 13.2 Å². The summed E-state index contributed by atoms with van der Waals surface area (Å²) in [7, 11) is 1.54. The third-order valence-corrected chi connectivity index (χ3v) is 3.42. The van der Waals surface area contributed by atoms with Gasteiger partial charge in [0.1, 0.15) is 6.79 Å². The van der Waals surface area contributed by atoms with Gasteiger partial charge < -0.3 is 18.9 Å². The van der Waals surface area contributed by atoms with E-state index in [0.717, 1.165) is 5.57 Å². The predicted octanol–water partition coefficient (Wildman–Crippen LogP) is 0.802. The molecular formula is C13H18O6. The van der Waals surface area contributed by atoms with Crippen LogP contribution in [0.3, 0.4) is 0 Å². The molecule has 0 saturated carbocycles. The molecule has 0 bridgehead atoms. The molecule has 1 fully saturated rings. The van der Waals surface area contributed by atoms with Crippen molar-refractivity contribution in [2.24, 2.45) is 5.92 Å². The molecule has 106 valence electrons. The van der Waals surface area contributed by atoms with Gasteiger partial charge in [0.2, 0.25) is 5.60 Å². The second kappa shape index (κ2) is 5.71. The van der Waals surface area contributed by atoms with Crippen LogP contribution >= 0.6 is 0 Å². The van der Waals surface area contributed by atoms with E-state index in [1.807, 2.05) is 6.08 Å². The number of carbonyl (C=O) groups excluding carboxylic acids is 2. The lowest BCUT2D eigenvalue weighted by atomic mass is 9.77. The average Bonchev–Trinajstić information content (AvgIpc) is 2.66. The fourth-order valence-electron chi connectivity index (χ4n) is 2.58. The van der Waals surface area contributed by atoms with E-state index >= 15 is 0 Å². The molecule has 0 N–H and O–H groups in total. The molecule has 2 atom stereocenters. The molecule has 0 aromatic carbocycles. The summed E-state index contributed by atoms with van der Waals surface area (Å²) in [6.07, 6.45) is 2.99. The van der Waals surface area contributed by atoms with Gasteiger partial charge in [-0.25, -0.2) is 4.79 Å². The Morgan fingerprint density at radius 2 is 2.37 bits per heavy atom. The van der Waals surface area contributed by atoms with Gasteiger partial charge in [-0.15, -0.1) is 0 Å². The Morgan fingerprint density at radius 3 is 3.05 bits per heavy atom. The van der Waals surface area contributed by atoms with Crippen molar-refractivity contribution < 1.29 is 28.5 Å². The third-order valence-electron chi connectivity index (χ3n) is 3.42. The molecule has 0 amide bonds. The molecule has 2 rings (SSSR count). The van der Waals surface area contributed by atoms with Gasteiger partial charge in [-0.2, -0.15) is 0 Å². The third kappa shape index (κ3) is 2.79. The standard InChI is InChI=1S/C13H18O6/c1-9(14)19-13-5-10(6-17-8-16-2)3-4-11(13)7-18-12(13)15/h3,11H,4-8H2,1-2H3/t11-,13+/m1/s1. The number of esters is 2. The minimum Gasteiger partial charge on any atom is -0.462 e. The highest BCUT2D eigenvalue weighted by atomic mass is 16.7. The second-order valence-electron chi connectivity index (χ2n) is 4.81. The predicted molar refractivity (Wildman–Crippen MR) is 64.1 cm³/mol. The van der Waals surface area contributed by atoms with Crippen molar-refractivity contribution in [1.82, 2.24) is 0 Å². The topological polar surface area (TPSA) is 71.1 Å². The van der Waals surface area contributed by atoms with Crippen LogP contribution in [-0.2, 0) is 28.5 Å². The minimum atomic E-state index is -1.16. The van der Waals surface area contributed by atoms with E-state index in [-0.39, 0.29) is 12.7 Å². The maximum absolute atomic E-state index is 11.9. The Morgan fingerprint density at radius 1 is 1.58 bits per heavy atom. The van der Waals surface area contributed by atoms with Crippen molar-refractivity contribution in [3.63, 3.8) is 0 Å². The number of fused-ring (bicyclic) bond motifs is 1. The molecule has 0 aromatic heterocycles. The van der Waals surface area contributed by atoms with E-state index in [4.69, 9.17) is 18.9 Å². The molecule has 1 aliphatic carbocycles. The van der Waals surface area contributed by atoms with E-state index < -0.39 is 17.5 Å². The monoisotopic (exact) mass is 270 g/mol. The fourth-order valence-corrected chi connectivity index (χ4v) is 2.58. The summed E-state index contributed by atoms with van der Waals surface area (Å²) in [6.45, 7) is 2.15. The number of cyclic esters (lactones) is 1. The summed E-state index contributed by atoms with van der Waals surface area (Å²) in [5.74, 6) is -1.02. The lowest BCUT2D eigenvalue weighted by Gasteiger charge is -2.34. The fraction of sp³-hybridized carbons (Fsp3) is 0.692. The summed E-state index contributed by atoms with van der Waals surface area (Å²) < 4.78 is 20.5. The maximum Gasteiger partial charge on any atom is 0.351 e. The van der Waals surface area contributed by atoms with Gasteiger partial charge in [-0.05, 0) is 12.0 Å². The molecule has 0 spiro atoms. The van der Waals surface area contributed by atoms with Gasteiger partial charge >= 0.3 is 11.9 Å². The lowest BCUT2D eigenvalue weighted by Crippen LogP contribution is -2.47. The molecule has 1 heterocycles. The molecule has 6 nitrogen and oxygen atoms in total. The van der Waals surface area contributed by atoms with Crippen molar-refractivity contribution in [2.75, 3.05) is 27.1 Å². The first-order valence-electron chi connectivity index (χ1n) is 6.20. The van der Waals surface area contributed by atoms with Crippen LogP contribution in [0.15, 0.2) is 11.6 Å². The van der Waals surface area contributed by atoms with Crippen molar-refractivity contribution in [2.45, 2.75) is 25.4 Å². The number of methoxy groups -OCH3 is 1. The zero-order valence-electron chi connectivity index (χ0n) is 11.1. The van der Waals surface area contributed by atoms with Crippen molar-refractivity contribution >= 4 is 11.9 Å². The Kier molecular flexibility index (Phi) is 4.21. The number of hydrogen-bond acceptors (Lipinski definition) is 6. The van der Waals surface area contributed by atoms with Crippen LogP contribution in [-0.4, -0.2) is 44.7 Å². The highest BCUT2D eigenvalue weighted by molar-refractivity contribution is 5.86. The van der Waals surface area contributed by atoms with Crippen molar-refractivity contribution in [3.8, 4) is 0 Å². The number of allylic oxidation sites excluding steroid dienone is 1. The van der Waals surface area contributed by atoms with Crippen LogP contribution in [0.5, 0.6) is 0 Å². The van der Waals surface area contributed by atoms with E-state index in [2.05, 4.69) is 0 Å². The van der Waals surface area contributed by atoms with E-state index in [0.29, 0.717) is 26.1 Å². The van der Waals surface area contributed by atoms with Crippen LogP contribution in [0.4, 0.5) is 0 Å². The quantitative estimate of drug-likeness (QED) is 0.318. The first-order valence-corrected chi connectivity index (χ1v) is 6.20. The number of carbonyl (C=O) groups is 2. The van der Waals surface area contributed by atoms with Crippen LogP contribution in [0.25, 0.3) is 0 Å². The molecule has 1 aliphatic heterocycles. The van der Waals surface area contributed by atoms with E-state index in [9.17, 15) is 9.59 Å². The summed E-state index contributed by atoms with van der Waals surface area (Å²) in [6, 6.07) is 0. The van der Waals surface area contributed by atoms with Crippen molar-refractivity contribution in [1.29, 1.82) is 0 Å². The Bertz CT molecular complexity index is 402. The highest BCUT2D eigenvalue weighted by Gasteiger charge is 2.56. The summed E-state index contributed by atoms with van der Waals surface area (Å²) in [4.78, 5) is 23.2. The number of hydrogen-bond donors (Lipinski definition) is 0. The summed E-state index contributed by atoms with van der Waals surface area (Å²) in [5, 5.41) is 0. The Labute approximate surface area is 111 Å². The molecule has 0 aromatic rings. The van der Waals surface area contributed by atoms with Crippen LogP contribution in [0, 0.1) is 5.92 Å². The molecule has 2 aliphatic rings. The molecule has 19 heavy (non-hydrogen) atoms. The van der Waals surface area contributed by atoms with Gasteiger partial charge in [-0.1, -0.05) is 6.08 Å². The number of ether oxygens (including phenoxy) is 4. The van der Waals surface area contributed by atoms with Gasteiger partial charge in [0.15, 0.2) is 0 Å². The zero-order chi connectivity index (χ0) is 13.9. The zero-order valence-corrected chi connectivity index (χ0v) is 11.1. The first-order chi connectivity index (χ1) is 9.08. The Balaban J connectivity index is 2.10.